The van der Waals surface area contributed by atoms with Gasteiger partial charge in [0, 0.05) is 11.1 Å². The maximum atomic E-state index is 11.1. The molecule has 0 aliphatic carbocycles. The molecule has 0 fully saturated rings. The second kappa shape index (κ2) is 4.99. The number of benzene rings is 1. The van der Waals surface area contributed by atoms with Crippen molar-refractivity contribution in [1.29, 1.82) is 0 Å². The number of carbonyl (C=O) groups excluding carboxylic acids is 1. The van der Waals surface area contributed by atoms with Gasteiger partial charge in [0.05, 0.1) is 11.6 Å². The molecule has 0 aromatic heterocycles. The van der Waals surface area contributed by atoms with Crippen LogP contribution in [0.3, 0.4) is 0 Å². The van der Waals surface area contributed by atoms with Gasteiger partial charge in [-0.1, -0.05) is 24.2 Å². The minimum atomic E-state index is -0.0476. The van der Waals surface area contributed by atoms with E-state index in [0.29, 0.717) is 23.0 Å². The number of ether oxygens (including phenoxy) is 1. The number of halogens is 1. The van der Waals surface area contributed by atoms with Gasteiger partial charge in [0.1, 0.15) is 5.76 Å². The van der Waals surface area contributed by atoms with Gasteiger partial charge in [-0.3, -0.25) is 4.79 Å². The van der Waals surface area contributed by atoms with E-state index in [1.165, 1.54) is 6.92 Å². The van der Waals surface area contributed by atoms with E-state index in [-0.39, 0.29) is 5.78 Å². The third kappa shape index (κ3) is 2.83. The number of carbonyl (C=O) groups is 1. The first-order valence-corrected chi connectivity index (χ1v) is 5.06. The lowest BCUT2D eigenvalue weighted by atomic mass is 10.1. The Balaban J connectivity index is 3.01. The first kappa shape index (κ1) is 11.8. The average molecular weight is 225 g/mol. The summed E-state index contributed by atoms with van der Waals surface area (Å²) in [6, 6.07) is 5.15. The highest BCUT2D eigenvalue weighted by atomic mass is 35.5. The molecule has 2 nitrogen and oxygen atoms in total. The van der Waals surface area contributed by atoms with E-state index < -0.39 is 0 Å². The molecule has 0 N–H and O–H groups in total. The van der Waals surface area contributed by atoms with Gasteiger partial charge in [0.25, 0.3) is 0 Å². The average Bonchev–Trinajstić information content (AvgIpc) is 2.17. The Morgan fingerprint density at radius 1 is 1.53 bits per heavy atom. The van der Waals surface area contributed by atoms with E-state index in [2.05, 4.69) is 6.58 Å². The molecule has 0 spiro atoms. The molecule has 0 saturated heterocycles. The summed E-state index contributed by atoms with van der Waals surface area (Å²) in [5.74, 6) is 0.517. The zero-order valence-corrected chi connectivity index (χ0v) is 9.60. The highest BCUT2D eigenvalue weighted by molar-refractivity contribution is 6.34. The second-order valence-electron chi connectivity index (χ2n) is 3.11. The lowest BCUT2D eigenvalue weighted by molar-refractivity contribution is 0.101. The predicted molar refractivity (Wildman–Crippen MR) is 62.1 cm³/mol. The summed E-state index contributed by atoms with van der Waals surface area (Å²) in [6.45, 7) is 7.69. The standard InChI is InChI=1S/C12H13ClO2/c1-4-15-9(3)10-5-6-11(8(2)14)12(13)7-10/h5-7H,3-4H2,1-2H3. The summed E-state index contributed by atoms with van der Waals surface area (Å²) in [7, 11) is 0. The summed E-state index contributed by atoms with van der Waals surface area (Å²) >= 11 is 5.95. The van der Waals surface area contributed by atoms with Crippen molar-refractivity contribution in [3.05, 3.63) is 40.9 Å². The van der Waals surface area contributed by atoms with Crippen LogP contribution in [-0.4, -0.2) is 12.4 Å². The van der Waals surface area contributed by atoms with Crippen LogP contribution in [-0.2, 0) is 4.74 Å². The van der Waals surface area contributed by atoms with Gasteiger partial charge in [-0.15, -0.1) is 0 Å². The second-order valence-corrected chi connectivity index (χ2v) is 3.51. The van der Waals surface area contributed by atoms with E-state index in [1.807, 2.05) is 6.92 Å². The Labute approximate surface area is 94.5 Å². The summed E-state index contributed by atoms with van der Waals surface area (Å²) in [5, 5.41) is 0.431. The van der Waals surface area contributed by atoms with Crippen LogP contribution < -0.4 is 0 Å². The molecule has 0 atom stereocenters. The van der Waals surface area contributed by atoms with Gasteiger partial charge in [-0.2, -0.15) is 0 Å². The maximum absolute atomic E-state index is 11.1. The summed E-state index contributed by atoms with van der Waals surface area (Å²) < 4.78 is 5.25. The van der Waals surface area contributed by atoms with Gasteiger partial charge < -0.3 is 4.74 Å². The number of rotatable bonds is 4. The minimum absolute atomic E-state index is 0.0476. The Kier molecular flexibility index (Phi) is 3.92. The normalized spacial score (nSPS) is 9.80. The van der Waals surface area contributed by atoms with Crippen LogP contribution in [0.4, 0.5) is 0 Å². The topological polar surface area (TPSA) is 26.3 Å². The predicted octanol–water partition coefficient (Wildman–Crippen LogP) is 3.55. The van der Waals surface area contributed by atoms with Crippen LogP contribution >= 0.6 is 11.6 Å². The fraction of sp³-hybridized carbons (Fsp3) is 0.250. The zero-order chi connectivity index (χ0) is 11.4. The number of hydrogen-bond acceptors (Lipinski definition) is 2. The summed E-state index contributed by atoms with van der Waals surface area (Å²) in [6.07, 6.45) is 0. The minimum Gasteiger partial charge on any atom is -0.494 e. The van der Waals surface area contributed by atoms with Gasteiger partial charge >= 0.3 is 0 Å². The molecule has 3 heteroatoms. The number of ketones is 1. The Morgan fingerprint density at radius 2 is 2.20 bits per heavy atom. The Morgan fingerprint density at radius 3 is 2.67 bits per heavy atom. The maximum Gasteiger partial charge on any atom is 0.161 e. The lowest BCUT2D eigenvalue weighted by Crippen LogP contribution is -1.96. The van der Waals surface area contributed by atoms with Crippen molar-refractivity contribution in [2.24, 2.45) is 0 Å². The molecule has 15 heavy (non-hydrogen) atoms. The van der Waals surface area contributed by atoms with Crippen LogP contribution in [0, 0.1) is 0 Å². The molecule has 0 radical (unpaired) electrons. The van der Waals surface area contributed by atoms with Crippen molar-refractivity contribution >= 4 is 23.1 Å². The third-order valence-electron chi connectivity index (χ3n) is 1.99. The molecule has 0 aliphatic heterocycles. The number of hydrogen-bond donors (Lipinski definition) is 0. The molecule has 0 amide bonds. The molecule has 1 rings (SSSR count). The van der Waals surface area contributed by atoms with Crippen molar-refractivity contribution in [1.82, 2.24) is 0 Å². The monoisotopic (exact) mass is 224 g/mol. The first-order chi connectivity index (χ1) is 7.06. The molecule has 1 aromatic carbocycles. The van der Waals surface area contributed by atoms with Crippen molar-refractivity contribution in [3.8, 4) is 0 Å². The molecule has 0 heterocycles. The zero-order valence-electron chi connectivity index (χ0n) is 8.84. The third-order valence-corrected chi connectivity index (χ3v) is 2.30. The summed E-state index contributed by atoms with van der Waals surface area (Å²) in [4.78, 5) is 11.1. The van der Waals surface area contributed by atoms with Crippen molar-refractivity contribution < 1.29 is 9.53 Å². The van der Waals surface area contributed by atoms with Gasteiger partial charge in [-0.25, -0.2) is 0 Å². The fourth-order valence-electron chi connectivity index (χ4n) is 1.23. The van der Waals surface area contributed by atoms with E-state index >= 15 is 0 Å². The number of Topliss-reactive ketones (excluding diaryl/α,β-unsaturated/α-hetero) is 1. The molecule has 0 saturated carbocycles. The molecule has 0 bridgehead atoms. The molecule has 0 aliphatic rings. The van der Waals surface area contributed by atoms with Crippen LogP contribution in [0.2, 0.25) is 5.02 Å². The van der Waals surface area contributed by atoms with E-state index in [9.17, 15) is 4.79 Å². The van der Waals surface area contributed by atoms with Crippen molar-refractivity contribution in [2.45, 2.75) is 13.8 Å². The van der Waals surface area contributed by atoms with Crippen LogP contribution in [0.1, 0.15) is 29.8 Å². The quantitative estimate of drug-likeness (QED) is 0.578. The Bertz CT molecular complexity index is 397. The molecule has 80 valence electrons. The van der Waals surface area contributed by atoms with Crippen LogP contribution in [0.15, 0.2) is 24.8 Å². The van der Waals surface area contributed by atoms with E-state index in [1.54, 1.807) is 18.2 Å². The van der Waals surface area contributed by atoms with Gasteiger partial charge in [0.2, 0.25) is 0 Å². The lowest BCUT2D eigenvalue weighted by Gasteiger charge is -2.08. The highest BCUT2D eigenvalue weighted by Crippen LogP contribution is 2.22. The van der Waals surface area contributed by atoms with Crippen LogP contribution in [0.5, 0.6) is 0 Å². The van der Waals surface area contributed by atoms with Gasteiger partial charge in [-0.05, 0) is 26.0 Å². The first-order valence-electron chi connectivity index (χ1n) is 4.68. The highest BCUT2D eigenvalue weighted by Gasteiger charge is 2.07. The van der Waals surface area contributed by atoms with E-state index in [0.717, 1.165) is 5.56 Å². The molecular formula is C12H13ClO2. The Hall–Kier alpha value is -1.28. The largest absolute Gasteiger partial charge is 0.494 e. The molecule has 0 unspecified atom stereocenters. The summed E-state index contributed by atoms with van der Waals surface area (Å²) in [5.41, 5.74) is 1.32. The van der Waals surface area contributed by atoms with Crippen LogP contribution in [0.25, 0.3) is 5.76 Å². The molecule has 1 aromatic rings. The fourth-order valence-corrected chi connectivity index (χ4v) is 1.55. The van der Waals surface area contributed by atoms with Crippen molar-refractivity contribution in [2.75, 3.05) is 6.61 Å². The smallest absolute Gasteiger partial charge is 0.161 e. The van der Waals surface area contributed by atoms with Crippen molar-refractivity contribution in [3.63, 3.8) is 0 Å². The van der Waals surface area contributed by atoms with Gasteiger partial charge in [0.15, 0.2) is 5.78 Å². The molecular weight excluding hydrogens is 212 g/mol. The van der Waals surface area contributed by atoms with E-state index in [4.69, 9.17) is 16.3 Å². The SMILES string of the molecule is C=C(OCC)c1ccc(C(C)=O)c(Cl)c1.